The van der Waals surface area contributed by atoms with Crippen molar-refractivity contribution >= 4 is 18.3 Å². The fourth-order valence-corrected chi connectivity index (χ4v) is 4.64. The summed E-state index contributed by atoms with van der Waals surface area (Å²) in [6.45, 7) is 1.77. The molecule has 0 aliphatic heterocycles. The number of hydrogen-bond acceptors (Lipinski definition) is 2. The summed E-state index contributed by atoms with van der Waals surface area (Å²) >= 11 is 0. The van der Waals surface area contributed by atoms with Crippen LogP contribution < -0.4 is 11.1 Å². The molecule has 4 bridgehead atoms. The van der Waals surface area contributed by atoms with E-state index in [1.165, 1.54) is 38.5 Å². The molecule has 0 radical (unpaired) electrons. The second kappa shape index (κ2) is 4.43. The SMILES string of the molecule is CC(N)C(=O)NC12CC3CC(CC(C3)C1)C2.Cl. The Bertz CT molecular complexity index is 281. The summed E-state index contributed by atoms with van der Waals surface area (Å²) in [7, 11) is 0. The van der Waals surface area contributed by atoms with Crippen LogP contribution in [0, 0.1) is 17.8 Å². The smallest absolute Gasteiger partial charge is 0.237 e. The number of amides is 1. The molecule has 3 nitrogen and oxygen atoms in total. The van der Waals surface area contributed by atoms with E-state index in [0.29, 0.717) is 0 Å². The molecule has 98 valence electrons. The van der Waals surface area contributed by atoms with Gasteiger partial charge in [0.1, 0.15) is 0 Å². The van der Waals surface area contributed by atoms with Crippen molar-refractivity contribution in [2.24, 2.45) is 23.5 Å². The maximum Gasteiger partial charge on any atom is 0.237 e. The second-order valence-electron chi connectivity index (χ2n) is 6.48. The Morgan fingerprint density at radius 1 is 1.18 bits per heavy atom. The minimum atomic E-state index is -0.368. The summed E-state index contributed by atoms with van der Waals surface area (Å²) in [6, 6.07) is -0.368. The monoisotopic (exact) mass is 258 g/mol. The van der Waals surface area contributed by atoms with Crippen LogP contribution in [0.15, 0.2) is 0 Å². The lowest BCUT2D eigenvalue weighted by atomic mass is 9.53. The van der Waals surface area contributed by atoms with Gasteiger partial charge in [-0.2, -0.15) is 0 Å². The molecule has 0 saturated heterocycles. The van der Waals surface area contributed by atoms with E-state index in [0.717, 1.165) is 17.8 Å². The van der Waals surface area contributed by atoms with Crippen LogP contribution >= 0.6 is 12.4 Å². The zero-order valence-corrected chi connectivity index (χ0v) is 11.3. The third-order valence-electron chi connectivity index (χ3n) is 4.84. The first-order chi connectivity index (χ1) is 7.56. The Hall–Kier alpha value is -0.280. The first-order valence-electron chi connectivity index (χ1n) is 6.64. The topological polar surface area (TPSA) is 55.1 Å². The standard InChI is InChI=1S/C13H22N2O.ClH/c1-8(14)12(16)15-13-5-9-2-10(6-13)4-11(3-9)7-13;/h8-11H,2-7,14H2,1H3,(H,15,16);1H. The van der Waals surface area contributed by atoms with Crippen molar-refractivity contribution in [1.82, 2.24) is 5.32 Å². The Labute approximate surface area is 109 Å². The number of carbonyl (C=O) groups is 1. The van der Waals surface area contributed by atoms with E-state index in [4.69, 9.17) is 5.73 Å². The highest BCUT2D eigenvalue weighted by Crippen LogP contribution is 2.55. The summed E-state index contributed by atoms with van der Waals surface area (Å²) in [5, 5.41) is 3.26. The van der Waals surface area contributed by atoms with Crippen LogP contribution in [0.25, 0.3) is 0 Å². The molecule has 0 aromatic rings. The average Bonchev–Trinajstić information content (AvgIpc) is 2.13. The van der Waals surface area contributed by atoms with Gasteiger partial charge in [-0.3, -0.25) is 4.79 Å². The van der Waals surface area contributed by atoms with E-state index < -0.39 is 0 Å². The highest BCUT2D eigenvalue weighted by atomic mass is 35.5. The summed E-state index contributed by atoms with van der Waals surface area (Å²) in [5.74, 6) is 2.67. The minimum absolute atomic E-state index is 0. The Balaban J connectivity index is 0.00000108. The molecule has 3 N–H and O–H groups in total. The minimum Gasteiger partial charge on any atom is -0.349 e. The molecule has 1 amide bonds. The third kappa shape index (κ3) is 2.32. The van der Waals surface area contributed by atoms with E-state index in [-0.39, 0.29) is 29.9 Å². The molecule has 4 aliphatic carbocycles. The quantitative estimate of drug-likeness (QED) is 0.794. The van der Waals surface area contributed by atoms with Crippen molar-refractivity contribution in [3.8, 4) is 0 Å². The number of nitrogens with one attached hydrogen (secondary N) is 1. The Morgan fingerprint density at radius 3 is 1.94 bits per heavy atom. The number of hydrogen-bond donors (Lipinski definition) is 2. The summed E-state index contributed by atoms with van der Waals surface area (Å²) < 4.78 is 0. The van der Waals surface area contributed by atoms with Crippen LogP contribution in [0.5, 0.6) is 0 Å². The van der Waals surface area contributed by atoms with Gasteiger partial charge in [-0.25, -0.2) is 0 Å². The van der Waals surface area contributed by atoms with Gasteiger partial charge >= 0.3 is 0 Å². The largest absolute Gasteiger partial charge is 0.349 e. The molecule has 4 heteroatoms. The van der Waals surface area contributed by atoms with Crippen LogP contribution in [-0.4, -0.2) is 17.5 Å². The van der Waals surface area contributed by atoms with Crippen molar-refractivity contribution in [3.05, 3.63) is 0 Å². The van der Waals surface area contributed by atoms with E-state index in [1.807, 2.05) is 0 Å². The van der Waals surface area contributed by atoms with Crippen LogP contribution in [0.4, 0.5) is 0 Å². The lowest BCUT2D eigenvalue weighted by Crippen LogP contribution is -2.61. The molecule has 1 atom stereocenters. The van der Waals surface area contributed by atoms with Gasteiger partial charge in [-0.15, -0.1) is 12.4 Å². The van der Waals surface area contributed by atoms with Crippen molar-refractivity contribution in [1.29, 1.82) is 0 Å². The van der Waals surface area contributed by atoms with Gasteiger partial charge < -0.3 is 11.1 Å². The molecule has 4 saturated carbocycles. The van der Waals surface area contributed by atoms with E-state index in [2.05, 4.69) is 5.32 Å². The van der Waals surface area contributed by atoms with E-state index in [9.17, 15) is 4.79 Å². The van der Waals surface area contributed by atoms with E-state index in [1.54, 1.807) is 6.92 Å². The maximum atomic E-state index is 11.8. The highest BCUT2D eigenvalue weighted by molar-refractivity contribution is 5.85. The van der Waals surface area contributed by atoms with Crippen LogP contribution in [-0.2, 0) is 4.79 Å². The molecule has 0 aromatic heterocycles. The van der Waals surface area contributed by atoms with Gasteiger partial charge in [0.05, 0.1) is 6.04 Å². The maximum absolute atomic E-state index is 11.8. The predicted octanol–water partition coefficient (Wildman–Crippen LogP) is 1.84. The van der Waals surface area contributed by atoms with Gasteiger partial charge in [0.2, 0.25) is 5.91 Å². The summed E-state index contributed by atoms with van der Waals surface area (Å²) in [5.41, 5.74) is 5.78. The van der Waals surface area contributed by atoms with Crippen molar-refractivity contribution in [3.63, 3.8) is 0 Å². The zero-order valence-electron chi connectivity index (χ0n) is 10.4. The average molecular weight is 259 g/mol. The first-order valence-corrected chi connectivity index (χ1v) is 6.64. The second-order valence-corrected chi connectivity index (χ2v) is 6.48. The van der Waals surface area contributed by atoms with Gasteiger partial charge in [-0.1, -0.05) is 0 Å². The number of halogens is 1. The number of nitrogens with two attached hydrogens (primary N) is 1. The summed E-state index contributed by atoms with van der Waals surface area (Å²) in [4.78, 5) is 11.8. The molecule has 0 spiro atoms. The molecule has 0 aromatic carbocycles. The fraction of sp³-hybridized carbons (Fsp3) is 0.923. The molecule has 17 heavy (non-hydrogen) atoms. The lowest BCUT2D eigenvalue weighted by Gasteiger charge is -2.57. The fourth-order valence-electron chi connectivity index (χ4n) is 4.64. The molecule has 1 unspecified atom stereocenters. The summed E-state index contributed by atoms with van der Waals surface area (Å²) in [6.07, 6.45) is 7.85. The molecular formula is C13H23ClN2O. The van der Waals surface area contributed by atoms with Crippen molar-refractivity contribution < 1.29 is 4.79 Å². The molecule has 4 rings (SSSR count). The third-order valence-corrected chi connectivity index (χ3v) is 4.84. The van der Waals surface area contributed by atoms with Crippen LogP contribution in [0.2, 0.25) is 0 Å². The van der Waals surface area contributed by atoms with Crippen molar-refractivity contribution in [2.75, 3.05) is 0 Å². The Morgan fingerprint density at radius 2 is 1.59 bits per heavy atom. The Kier molecular flexibility index (Phi) is 3.43. The van der Waals surface area contributed by atoms with Gasteiger partial charge in [0, 0.05) is 5.54 Å². The molecule has 4 aliphatic rings. The predicted molar refractivity (Wildman–Crippen MR) is 69.9 cm³/mol. The van der Waals surface area contributed by atoms with Gasteiger partial charge in [-0.05, 0) is 63.2 Å². The van der Waals surface area contributed by atoms with E-state index >= 15 is 0 Å². The first kappa shape index (κ1) is 13.2. The van der Waals surface area contributed by atoms with Crippen molar-refractivity contribution in [2.45, 2.75) is 57.0 Å². The highest BCUT2D eigenvalue weighted by Gasteiger charge is 2.51. The molecule has 4 fully saturated rings. The van der Waals surface area contributed by atoms with Crippen LogP contribution in [0.1, 0.15) is 45.4 Å². The normalized spacial score (nSPS) is 44.0. The van der Waals surface area contributed by atoms with Gasteiger partial charge in [0.15, 0.2) is 0 Å². The lowest BCUT2D eigenvalue weighted by molar-refractivity contribution is -0.127. The van der Waals surface area contributed by atoms with Gasteiger partial charge in [0.25, 0.3) is 0 Å². The van der Waals surface area contributed by atoms with Crippen LogP contribution in [0.3, 0.4) is 0 Å². The number of rotatable bonds is 2. The number of carbonyl (C=O) groups excluding carboxylic acids is 1. The molecular weight excluding hydrogens is 236 g/mol. The zero-order chi connectivity index (χ0) is 11.3. The molecule has 0 heterocycles.